The fraction of sp³-hybridized carbons (Fsp3) is 0.538. The Labute approximate surface area is 112 Å². The lowest BCUT2D eigenvalue weighted by atomic mass is 10.3. The van der Waals surface area contributed by atoms with E-state index in [2.05, 4.69) is 19.2 Å². The van der Waals surface area contributed by atoms with Gasteiger partial charge >= 0.3 is 5.69 Å². The van der Waals surface area contributed by atoms with E-state index < -0.39 is 4.92 Å². The lowest BCUT2D eigenvalue weighted by Crippen LogP contribution is -2.24. The Kier molecular flexibility index (Phi) is 6.08. The SMILES string of the molecule is COc1ccc(OCCCNC(C)C)c([N+](=O)[O-])c1. The predicted octanol–water partition coefficient (Wildman–Crippen LogP) is 2.37. The zero-order valence-corrected chi connectivity index (χ0v) is 11.5. The molecule has 0 heterocycles. The average molecular weight is 268 g/mol. The predicted molar refractivity (Wildman–Crippen MR) is 72.9 cm³/mol. The molecule has 6 heteroatoms. The molecule has 0 fully saturated rings. The monoisotopic (exact) mass is 268 g/mol. The first-order valence-electron chi connectivity index (χ1n) is 6.23. The van der Waals surface area contributed by atoms with Crippen molar-refractivity contribution in [1.29, 1.82) is 0 Å². The third-order valence-corrected chi connectivity index (χ3v) is 2.49. The summed E-state index contributed by atoms with van der Waals surface area (Å²) in [6, 6.07) is 5.00. The average Bonchev–Trinajstić information content (AvgIpc) is 2.38. The van der Waals surface area contributed by atoms with E-state index in [9.17, 15) is 10.1 Å². The summed E-state index contributed by atoms with van der Waals surface area (Å²) < 4.78 is 10.4. The molecule has 1 N–H and O–H groups in total. The highest BCUT2D eigenvalue weighted by atomic mass is 16.6. The van der Waals surface area contributed by atoms with Crippen molar-refractivity contribution < 1.29 is 14.4 Å². The van der Waals surface area contributed by atoms with Gasteiger partial charge in [0.15, 0.2) is 5.75 Å². The number of hydrogen-bond donors (Lipinski definition) is 1. The van der Waals surface area contributed by atoms with Crippen LogP contribution in [0.1, 0.15) is 20.3 Å². The van der Waals surface area contributed by atoms with Crippen LogP contribution in [0.15, 0.2) is 18.2 Å². The fourth-order valence-corrected chi connectivity index (χ4v) is 1.53. The van der Waals surface area contributed by atoms with Gasteiger partial charge in [0.05, 0.1) is 24.7 Å². The van der Waals surface area contributed by atoms with Gasteiger partial charge in [0.25, 0.3) is 0 Å². The molecule has 19 heavy (non-hydrogen) atoms. The quantitative estimate of drug-likeness (QED) is 0.445. The third-order valence-electron chi connectivity index (χ3n) is 2.49. The second-order valence-corrected chi connectivity index (χ2v) is 4.40. The number of benzene rings is 1. The summed E-state index contributed by atoms with van der Waals surface area (Å²) in [5.41, 5.74) is -0.0730. The van der Waals surface area contributed by atoms with Gasteiger partial charge < -0.3 is 14.8 Å². The second-order valence-electron chi connectivity index (χ2n) is 4.40. The maximum absolute atomic E-state index is 10.9. The van der Waals surface area contributed by atoms with Crippen LogP contribution in [0, 0.1) is 10.1 Å². The molecule has 0 aromatic heterocycles. The molecule has 1 aromatic rings. The van der Waals surface area contributed by atoms with Crippen LogP contribution in [-0.2, 0) is 0 Å². The third kappa shape index (κ3) is 5.13. The van der Waals surface area contributed by atoms with Crippen molar-refractivity contribution in [3.05, 3.63) is 28.3 Å². The highest BCUT2D eigenvalue weighted by Gasteiger charge is 2.16. The number of nitrogens with one attached hydrogen (secondary N) is 1. The van der Waals surface area contributed by atoms with Crippen molar-refractivity contribution >= 4 is 5.69 Å². The minimum atomic E-state index is -0.468. The Hall–Kier alpha value is -1.82. The van der Waals surface area contributed by atoms with Gasteiger partial charge in [-0.1, -0.05) is 13.8 Å². The number of nitrogens with zero attached hydrogens (tertiary/aromatic N) is 1. The standard InChI is InChI=1S/C13H20N2O4/c1-10(2)14-7-4-8-19-13-6-5-11(18-3)9-12(13)15(16)17/h5-6,9-10,14H,4,7-8H2,1-3H3. The van der Waals surface area contributed by atoms with Crippen molar-refractivity contribution in [1.82, 2.24) is 5.32 Å². The molecule has 0 aliphatic carbocycles. The van der Waals surface area contributed by atoms with Crippen LogP contribution in [0.4, 0.5) is 5.69 Å². The van der Waals surface area contributed by atoms with Gasteiger partial charge in [-0.15, -0.1) is 0 Å². The molecule has 0 saturated carbocycles. The molecule has 0 unspecified atom stereocenters. The molecule has 0 saturated heterocycles. The normalized spacial score (nSPS) is 10.5. The maximum Gasteiger partial charge on any atom is 0.314 e. The van der Waals surface area contributed by atoms with Crippen LogP contribution >= 0.6 is 0 Å². The number of methoxy groups -OCH3 is 1. The van der Waals surface area contributed by atoms with Gasteiger partial charge in [0.1, 0.15) is 5.75 Å². The van der Waals surface area contributed by atoms with Crippen molar-refractivity contribution in [3.63, 3.8) is 0 Å². The first kappa shape index (κ1) is 15.2. The summed E-state index contributed by atoms with van der Waals surface area (Å²) in [6.07, 6.45) is 0.793. The van der Waals surface area contributed by atoms with E-state index in [-0.39, 0.29) is 11.4 Å². The minimum absolute atomic E-state index is 0.0730. The molecule has 0 atom stereocenters. The fourth-order valence-electron chi connectivity index (χ4n) is 1.53. The first-order chi connectivity index (χ1) is 9.04. The molecule has 0 amide bonds. The highest BCUT2D eigenvalue weighted by Crippen LogP contribution is 2.30. The number of rotatable bonds is 8. The van der Waals surface area contributed by atoms with Gasteiger partial charge in [-0.3, -0.25) is 10.1 Å². The molecule has 0 bridgehead atoms. The molecule has 0 radical (unpaired) electrons. The largest absolute Gasteiger partial charge is 0.496 e. The van der Waals surface area contributed by atoms with E-state index in [4.69, 9.17) is 9.47 Å². The molecule has 0 spiro atoms. The molecule has 106 valence electrons. The summed E-state index contributed by atoms with van der Waals surface area (Å²) in [6.45, 7) is 5.39. The van der Waals surface area contributed by atoms with Gasteiger partial charge in [0, 0.05) is 6.04 Å². The zero-order chi connectivity index (χ0) is 14.3. The Morgan fingerprint density at radius 3 is 2.74 bits per heavy atom. The van der Waals surface area contributed by atoms with Gasteiger partial charge in [-0.2, -0.15) is 0 Å². The lowest BCUT2D eigenvalue weighted by Gasteiger charge is -2.10. The summed E-state index contributed by atoms with van der Waals surface area (Å²) in [5.74, 6) is 0.718. The summed E-state index contributed by atoms with van der Waals surface area (Å²) in [7, 11) is 1.47. The van der Waals surface area contributed by atoms with Crippen molar-refractivity contribution in [2.45, 2.75) is 26.3 Å². The maximum atomic E-state index is 10.9. The molecule has 6 nitrogen and oxygen atoms in total. The molecule has 1 aromatic carbocycles. The molecule has 1 rings (SSSR count). The second kappa shape index (κ2) is 7.58. The summed E-state index contributed by atoms with van der Waals surface area (Å²) >= 11 is 0. The van der Waals surface area contributed by atoms with Crippen molar-refractivity contribution in [2.75, 3.05) is 20.3 Å². The van der Waals surface area contributed by atoms with Crippen molar-refractivity contribution in [2.24, 2.45) is 0 Å². The van der Waals surface area contributed by atoms with E-state index >= 15 is 0 Å². The Balaban J connectivity index is 2.55. The summed E-state index contributed by atoms with van der Waals surface area (Å²) in [4.78, 5) is 10.5. The van der Waals surface area contributed by atoms with E-state index in [0.717, 1.165) is 13.0 Å². The van der Waals surface area contributed by atoms with Gasteiger partial charge in [-0.25, -0.2) is 0 Å². The van der Waals surface area contributed by atoms with Crippen LogP contribution in [0.2, 0.25) is 0 Å². The Bertz CT molecular complexity index is 421. The number of ether oxygens (including phenoxy) is 2. The van der Waals surface area contributed by atoms with E-state index in [1.807, 2.05) is 0 Å². The van der Waals surface area contributed by atoms with Crippen LogP contribution in [0.3, 0.4) is 0 Å². The Morgan fingerprint density at radius 2 is 2.16 bits per heavy atom. The van der Waals surface area contributed by atoms with E-state index in [0.29, 0.717) is 18.4 Å². The number of nitro benzene ring substituents is 1. The molecule has 0 aliphatic rings. The van der Waals surface area contributed by atoms with Crippen LogP contribution in [-0.4, -0.2) is 31.2 Å². The van der Waals surface area contributed by atoms with Gasteiger partial charge in [-0.05, 0) is 25.1 Å². The highest BCUT2D eigenvalue weighted by molar-refractivity contribution is 5.50. The lowest BCUT2D eigenvalue weighted by molar-refractivity contribution is -0.385. The van der Waals surface area contributed by atoms with Crippen LogP contribution < -0.4 is 14.8 Å². The van der Waals surface area contributed by atoms with Crippen LogP contribution in [0.5, 0.6) is 11.5 Å². The topological polar surface area (TPSA) is 73.6 Å². The smallest absolute Gasteiger partial charge is 0.314 e. The number of hydrogen-bond acceptors (Lipinski definition) is 5. The summed E-state index contributed by atoms with van der Waals surface area (Å²) in [5, 5.41) is 14.2. The minimum Gasteiger partial charge on any atom is -0.496 e. The first-order valence-corrected chi connectivity index (χ1v) is 6.23. The molecular formula is C13H20N2O4. The van der Waals surface area contributed by atoms with E-state index in [1.165, 1.54) is 13.2 Å². The zero-order valence-electron chi connectivity index (χ0n) is 11.5. The Morgan fingerprint density at radius 1 is 1.42 bits per heavy atom. The van der Waals surface area contributed by atoms with Gasteiger partial charge in [0.2, 0.25) is 0 Å². The van der Waals surface area contributed by atoms with Crippen LogP contribution in [0.25, 0.3) is 0 Å². The number of nitro groups is 1. The van der Waals surface area contributed by atoms with E-state index in [1.54, 1.807) is 12.1 Å². The molecular weight excluding hydrogens is 248 g/mol. The van der Waals surface area contributed by atoms with Crippen molar-refractivity contribution in [3.8, 4) is 11.5 Å². The molecule has 0 aliphatic heterocycles.